The predicted octanol–water partition coefficient (Wildman–Crippen LogP) is 2.03. The molecule has 1 N–H and O–H groups in total. The fourth-order valence-electron chi connectivity index (χ4n) is 1.66. The Morgan fingerprint density at radius 3 is 2.36 bits per heavy atom. The second-order valence-corrected chi connectivity index (χ2v) is 3.50. The van der Waals surface area contributed by atoms with Crippen LogP contribution in [-0.2, 0) is 4.79 Å². The molecule has 11 heavy (non-hydrogen) atoms. The van der Waals surface area contributed by atoms with E-state index in [1.165, 1.54) is 0 Å². The number of hydrogen-bond acceptors (Lipinski definition) is 2. The topological polar surface area (TPSA) is 40.9 Å². The van der Waals surface area contributed by atoms with E-state index in [0.717, 1.165) is 37.8 Å². The van der Waals surface area contributed by atoms with Crippen LogP contribution in [0.2, 0.25) is 0 Å². The van der Waals surface area contributed by atoms with Crippen molar-refractivity contribution in [2.24, 2.45) is 11.8 Å². The molecule has 0 aromatic heterocycles. The number of carbonyl (C=O) groups is 1. The molecule has 1 aliphatic carbocycles. The largest absolute Gasteiger partial charge is 0.305 e. The van der Waals surface area contributed by atoms with E-state index in [2.05, 4.69) is 6.92 Å². The Morgan fingerprint density at radius 1 is 1.36 bits per heavy atom. The van der Waals surface area contributed by atoms with E-state index in [-0.39, 0.29) is 11.7 Å². The van der Waals surface area contributed by atoms with Gasteiger partial charge in [-0.05, 0) is 18.8 Å². The van der Waals surface area contributed by atoms with Crippen LogP contribution < -0.4 is 0 Å². The van der Waals surface area contributed by atoms with Crippen LogP contribution in [-0.4, -0.2) is 12.0 Å². The van der Waals surface area contributed by atoms with Crippen molar-refractivity contribution in [3.8, 4) is 0 Å². The summed E-state index contributed by atoms with van der Waals surface area (Å²) >= 11 is 0. The molecule has 2 nitrogen and oxygen atoms in total. The normalized spacial score (nSPS) is 31.4. The summed E-state index contributed by atoms with van der Waals surface area (Å²) in [4.78, 5) is 11.0. The second-order valence-electron chi connectivity index (χ2n) is 3.50. The zero-order chi connectivity index (χ0) is 8.27. The van der Waals surface area contributed by atoms with Gasteiger partial charge in [-0.25, -0.2) is 0 Å². The van der Waals surface area contributed by atoms with Crippen molar-refractivity contribution in [2.45, 2.75) is 32.6 Å². The standard InChI is InChI=1S/C9H15NO/c1-7-2-4-8(5-3-7)9(11)6-10/h6-8,10H,2-5H2,1H3/t7-,8-. The fourth-order valence-corrected chi connectivity index (χ4v) is 1.66. The molecule has 0 heterocycles. The highest BCUT2D eigenvalue weighted by Crippen LogP contribution is 2.28. The maximum atomic E-state index is 11.0. The van der Waals surface area contributed by atoms with Gasteiger partial charge in [0.05, 0.1) is 6.21 Å². The van der Waals surface area contributed by atoms with Crippen LogP contribution in [0.4, 0.5) is 0 Å². The first-order valence-electron chi connectivity index (χ1n) is 4.28. The Bertz CT molecular complexity index is 157. The lowest BCUT2D eigenvalue weighted by molar-refractivity contribution is -0.117. The highest BCUT2D eigenvalue weighted by atomic mass is 16.1. The van der Waals surface area contributed by atoms with Crippen LogP contribution in [0.1, 0.15) is 32.6 Å². The average Bonchev–Trinajstić information content (AvgIpc) is 2.05. The van der Waals surface area contributed by atoms with Crippen molar-refractivity contribution >= 4 is 12.0 Å². The minimum Gasteiger partial charge on any atom is -0.305 e. The van der Waals surface area contributed by atoms with Gasteiger partial charge >= 0.3 is 0 Å². The predicted molar refractivity (Wildman–Crippen MR) is 44.9 cm³/mol. The summed E-state index contributed by atoms with van der Waals surface area (Å²) < 4.78 is 0. The smallest absolute Gasteiger partial charge is 0.176 e. The molecule has 0 aromatic rings. The van der Waals surface area contributed by atoms with Gasteiger partial charge in [0.2, 0.25) is 0 Å². The number of rotatable bonds is 2. The zero-order valence-electron chi connectivity index (χ0n) is 6.97. The van der Waals surface area contributed by atoms with Gasteiger partial charge in [0.25, 0.3) is 0 Å². The first-order chi connectivity index (χ1) is 5.24. The molecule has 0 aliphatic heterocycles. The van der Waals surface area contributed by atoms with E-state index in [9.17, 15) is 4.79 Å². The van der Waals surface area contributed by atoms with Gasteiger partial charge in [0.15, 0.2) is 5.78 Å². The summed E-state index contributed by atoms with van der Waals surface area (Å²) in [6.07, 6.45) is 5.28. The molecule has 2 heteroatoms. The Kier molecular flexibility index (Phi) is 2.80. The van der Waals surface area contributed by atoms with Crippen LogP contribution in [0.5, 0.6) is 0 Å². The van der Waals surface area contributed by atoms with Crippen LogP contribution >= 0.6 is 0 Å². The van der Waals surface area contributed by atoms with Crippen molar-refractivity contribution in [3.63, 3.8) is 0 Å². The lowest BCUT2D eigenvalue weighted by atomic mass is 9.81. The maximum Gasteiger partial charge on any atom is 0.176 e. The van der Waals surface area contributed by atoms with Gasteiger partial charge in [-0.3, -0.25) is 4.79 Å². The van der Waals surface area contributed by atoms with Crippen molar-refractivity contribution in [1.29, 1.82) is 5.41 Å². The Morgan fingerprint density at radius 2 is 1.91 bits per heavy atom. The maximum absolute atomic E-state index is 11.0. The molecule has 0 bridgehead atoms. The summed E-state index contributed by atoms with van der Waals surface area (Å²) in [5.74, 6) is 0.977. The zero-order valence-corrected chi connectivity index (χ0v) is 6.97. The molecule has 0 saturated heterocycles. The molecule has 1 fully saturated rings. The van der Waals surface area contributed by atoms with Gasteiger partial charge in [-0.1, -0.05) is 19.8 Å². The third-order valence-electron chi connectivity index (χ3n) is 2.56. The number of ketones is 1. The van der Waals surface area contributed by atoms with Gasteiger partial charge in [-0.15, -0.1) is 0 Å². The van der Waals surface area contributed by atoms with Gasteiger partial charge in [0, 0.05) is 5.92 Å². The molecular formula is C9H15NO. The minimum absolute atomic E-state index is 0.0249. The fraction of sp³-hybridized carbons (Fsp3) is 0.778. The first-order valence-corrected chi connectivity index (χ1v) is 4.28. The molecule has 0 atom stereocenters. The number of hydrogen-bond donors (Lipinski definition) is 1. The van der Waals surface area contributed by atoms with E-state index in [0.29, 0.717) is 0 Å². The highest BCUT2D eigenvalue weighted by Gasteiger charge is 2.22. The van der Waals surface area contributed by atoms with E-state index in [1.807, 2.05) is 0 Å². The third-order valence-corrected chi connectivity index (χ3v) is 2.56. The van der Waals surface area contributed by atoms with Crippen molar-refractivity contribution in [3.05, 3.63) is 0 Å². The lowest BCUT2D eigenvalue weighted by Crippen LogP contribution is -2.21. The lowest BCUT2D eigenvalue weighted by Gasteiger charge is -2.23. The van der Waals surface area contributed by atoms with E-state index in [1.54, 1.807) is 0 Å². The Hall–Kier alpha value is -0.660. The molecule has 1 saturated carbocycles. The molecule has 1 rings (SSSR count). The summed E-state index contributed by atoms with van der Waals surface area (Å²) in [7, 11) is 0. The Labute approximate surface area is 67.5 Å². The van der Waals surface area contributed by atoms with Crippen LogP contribution in [0.15, 0.2) is 0 Å². The first kappa shape index (κ1) is 8.44. The van der Waals surface area contributed by atoms with Gasteiger partial charge in [0.1, 0.15) is 0 Å². The highest BCUT2D eigenvalue weighted by molar-refractivity contribution is 6.27. The molecule has 0 radical (unpaired) electrons. The number of carbonyl (C=O) groups excluding carboxylic acids is 1. The minimum atomic E-state index is 0.0249. The SMILES string of the molecule is C[C@H]1CC[C@H](C(=O)C=N)CC1. The van der Waals surface area contributed by atoms with Crippen LogP contribution in [0, 0.1) is 17.2 Å². The molecule has 62 valence electrons. The number of nitrogens with one attached hydrogen (secondary N) is 1. The molecule has 0 unspecified atom stereocenters. The van der Waals surface area contributed by atoms with E-state index >= 15 is 0 Å². The number of Topliss-reactive ketones (excluding diaryl/α,β-unsaturated/α-hetero) is 1. The van der Waals surface area contributed by atoms with Crippen molar-refractivity contribution < 1.29 is 4.79 Å². The molecule has 1 aliphatic rings. The average molecular weight is 153 g/mol. The van der Waals surface area contributed by atoms with E-state index < -0.39 is 0 Å². The Balaban J connectivity index is 2.38. The molecule has 0 spiro atoms. The van der Waals surface area contributed by atoms with Gasteiger partial charge < -0.3 is 5.41 Å². The van der Waals surface area contributed by atoms with E-state index in [4.69, 9.17) is 5.41 Å². The molecule has 0 amide bonds. The van der Waals surface area contributed by atoms with Gasteiger partial charge in [-0.2, -0.15) is 0 Å². The third kappa shape index (κ3) is 2.14. The second kappa shape index (κ2) is 3.65. The molecular weight excluding hydrogens is 138 g/mol. The summed E-state index contributed by atoms with van der Waals surface area (Å²) in [6.45, 7) is 2.23. The molecule has 0 aromatic carbocycles. The summed E-state index contributed by atoms with van der Waals surface area (Å²) in [6, 6.07) is 0. The van der Waals surface area contributed by atoms with Crippen molar-refractivity contribution in [1.82, 2.24) is 0 Å². The summed E-state index contributed by atoms with van der Waals surface area (Å²) in [5.41, 5.74) is 0. The van der Waals surface area contributed by atoms with Crippen LogP contribution in [0.3, 0.4) is 0 Å². The van der Waals surface area contributed by atoms with Crippen molar-refractivity contribution in [2.75, 3.05) is 0 Å². The quantitative estimate of drug-likeness (QED) is 0.606. The van der Waals surface area contributed by atoms with Crippen LogP contribution in [0.25, 0.3) is 0 Å². The summed E-state index contributed by atoms with van der Waals surface area (Å²) in [5, 5.41) is 6.82. The monoisotopic (exact) mass is 153 g/mol.